The van der Waals surface area contributed by atoms with Crippen LogP contribution in [-0.4, -0.2) is 46.8 Å². The first kappa shape index (κ1) is 22.8. The van der Waals surface area contributed by atoms with Gasteiger partial charge in [-0.2, -0.15) is 0 Å². The minimum atomic E-state index is -0.354. The number of nitrogens with one attached hydrogen (secondary N) is 1. The van der Waals surface area contributed by atoms with Crippen LogP contribution in [-0.2, 0) is 16.0 Å². The van der Waals surface area contributed by atoms with Gasteiger partial charge in [0.2, 0.25) is 0 Å². The molecule has 1 fully saturated rings. The first-order valence-electron chi connectivity index (χ1n) is 11.3. The second kappa shape index (κ2) is 10.0. The lowest BCUT2D eigenvalue weighted by atomic mass is 10.1. The number of hydrazine groups is 1. The highest BCUT2D eigenvalue weighted by atomic mass is 35.5. The molecule has 2 aromatic carbocycles. The summed E-state index contributed by atoms with van der Waals surface area (Å²) in [6.45, 7) is 8.95. The lowest BCUT2D eigenvalue weighted by Crippen LogP contribution is -2.50. The zero-order chi connectivity index (χ0) is 22.7. The monoisotopic (exact) mass is 454 g/mol. The zero-order valence-electron chi connectivity index (χ0n) is 19.0. The predicted molar refractivity (Wildman–Crippen MR) is 128 cm³/mol. The van der Waals surface area contributed by atoms with E-state index < -0.39 is 0 Å². The maximum absolute atomic E-state index is 13.5. The molecule has 32 heavy (non-hydrogen) atoms. The Labute approximate surface area is 194 Å². The van der Waals surface area contributed by atoms with Crippen molar-refractivity contribution in [2.24, 2.45) is 0 Å². The van der Waals surface area contributed by atoms with E-state index in [0.29, 0.717) is 37.7 Å². The number of ether oxygens (including phenoxy) is 1. The van der Waals surface area contributed by atoms with E-state index in [1.807, 2.05) is 29.3 Å². The Bertz CT molecular complexity index is 1100. The van der Waals surface area contributed by atoms with Crippen molar-refractivity contribution in [1.82, 2.24) is 20.0 Å². The number of hydrogen-bond acceptors (Lipinski definition) is 4. The molecule has 0 radical (unpaired) electrons. The van der Waals surface area contributed by atoms with Gasteiger partial charge in [0.25, 0.3) is 5.91 Å². The molecule has 6 nitrogen and oxygen atoms in total. The Morgan fingerprint density at radius 1 is 1.19 bits per heavy atom. The molecule has 1 aliphatic rings. The predicted octanol–water partition coefficient (Wildman–Crippen LogP) is 4.60. The van der Waals surface area contributed by atoms with Gasteiger partial charge in [-0.25, -0.2) is 9.99 Å². The van der Waals surface area contributed by atoms with Crippen LogP contribution >= 0.6 is 11.6 Å². The van der Waals surface area contributed by atoms with E-state index in [1.165, 1.54) is 11.1 Å². The highest BCUT2D eigenvalue weighted by molar-refractivity contribution is 6.31. The molecule has 1 saturated heterocycles. The third kappa shape index (κ3) is 4.82. The third-order valence-corrected chi connectivity index (χ3v) is 6.51. The molecule has 1 atom stereocenters. The van der Waals surface area contributed by atoms with Gasteiger partial charge in [-0.3, -0.25) is 10.2 Å². The number of aryl methyl sites for hydroxylation is 2. The zero-order valence-corrected chi connectivity index (χ0v) is 19.8. The molecular weight excluding hydrogens is 424 g/mol. The molecule has 0 unspecified atom stereocenters. The first-order valence-corrected chi connectivity index (χ1v) is 11.7. The molecule has 170 valence electrons. The quantitative estimate of drug-likeness (QED) is 0.566. The number of aromatic nitrogens is 2. The average molecular weight is 455 g/mol. The van der Waals surface area contributed by atoms with Gasteiger partial charge in [0.15, 0.2) is 0 Å². The van der Waals surface area contributed by atoms with E-state index in [-0.39, 0.29) is 11.9 Å². The molecule has 0 aliphatic carbocycles. The third-order valence-electron chi connectivity index (χ3n) is 6.14. The lowest BCUT2D eigenvalue weighted by Gasteiger charge is -2.30. The van der Waals surface area contributed by atoms with Crippen molar-refractivity contribution in [3.8, 4) is 0 Å². The molecule has 7 heteroatoms. The summed E-state index contributed by atoms with van der Waals surface area (Å²) in [6, 6.07) is 11.7. The van der Waals surface area contributed by atoms with Crippen LogP contribution in [0.25, 0.3) is 11.0 Å². The smallest absolute Gasteiger partial charge is 0.257 e. The molecule has 1 amide bonds. The van der Waals surface area contributed by atoms with Crippen molar-refractivity contribution < 1.29 is 9.53 Å². The van der Waals surface area contributed by atoms with E-state index >= 15 is 0 Å². The molecule has 3 aromatic rings. The SMILES string of the molecule is CCC[C@@H](C(=O)NN1CCOCC1)n1c(Cc2ccccc2Cl)nc2cc(C)c(C)cc21. The van der Waals surface area contributed by atoms with E-state index in [2.05, 4.69) is 42.9 Å². The summed E-state index contributed by atoms with van der Waals surface area (Å²) in [5.41, 5.74) is 8.41. The number of morpholine rings is 1. The van der Waals surface area contributed by atoms with Crippen molar-refractivity contribution in [2.45, 2.75) is 46.1 Å². The summed E-state index contributed by atoms with van der Waals surface area (Å²) in [4.78, 5) is 18.5. The summed E-state index contributed by atoms with van der Waals surface area (Å²) in [7, 11) is 0. The van der Waals surface area contributed by atoms with Crippen molar-refractivity contribution in [1.29, 1.82) is 0 Å². The summed E-state index contributed by atoms with van der Waals surface area (Å²) in [6.07, 6.45) is 2.18. The molecule has 0 saturated carbocycles. The van der Waals surface area contributed by atoms with Crippen molar-refractivity contribution in [3.05, 3.63) is 63.9 Å². The van der Waals surface area contributed by atoms with Gasteiger partial charge < -0.3 is 9.30 Å². The number of rotatable bonds is 7. The molecule has 1 aromatic heterocycles. The molecule has 0 spiro atoms. The Kier molecular flexibility index (Phi) is 7.13. The summed E-state index contributed by atoms with van der Waals surface area (Å²) >= 11 is 6.47. The van der Waals surface area contributed by atoms with Crippen LogP contribution in [0.15, 0.2) is 36.4 Å². The van der Waals surface area contributed by atoms with E-state index in [0.717, 1.165) is 35.3 Å². The molecule has 4 rings (SSSR count). The van der Waals surface area contributed by atoms with Crippen LogP contribution in [0.1, 0.15) is 48.3 Å². The normalized spacial score (nSPS) is 15.8. The van der Waals surface area contributed by atoms with Gasteiger partial charge in [0, 0.05) is 24.5 Å². The van der Waals surface area contributed by atoms with Crippen molar-refractivity contribution >= 4 is 28.5 Å². The Balaban J connectivity index is 1.78. The van der Waals surface area contributed by atoms with Gasteiger partial charge in [0.1, 0.15) is 11.9 Å². The number of carbonyl (C=O) groups is 1. The van der Waals surface area contributed by atoms with E-state index in [1.54, 1.807) is 0 Å². The fourth-order valence-corrected chi connectivity index (χ4v) is 4.44. The van der Waals surface area contributed by atoms with Crippen LogP contribution in [0.2, 0.25) is 5.02 Å². The molecule has 1 aliphatic heterocycles. The van der Waals surface area contributed by atoms with Crippen LogP contribution in [0.3, 0.4) is 0 Å². The Morgan fingerprint density at radius 2 is 1.91 bits per heavy atom. The number of benzene rings is 2. The highest BCUT2D eigenvalue weighted by Crippen LogP contribution is 2.29. The largest absolute Gasteiger partial charge is 0.379 e. The second-order valence-corrected chi connectivity index (χ2v) is 8.88. The first-order chi connectivity index (χ1) is 15.5. The molecule has 2 heterocycles. The van der Waals surface area contributed by atoms with E-state index in [9.17, 15) is 4.79 Å². The second-order valence-electron chi connectivity index (χ2n) is 8.47. The van der Waals surface area contributed by atoms with Crippen molar-refractivity contribution in [2.75, 3.05) is 26.3 Å². The van der Waals surface area contributed by atoms with Crippen LogP contribution in [0.4, 0.5) is 0 Å². The maximum atomic E-state index is 13.5. The minimum absolute atomic E-state index is 0.00770. The van der Waals surface area contributed by atoms with Crippen LogP contribution in [0.5, 0.6) is 0 Å². The minimum Gasteiger partial charge on any atom is -0.379 e. The lowest BCUT2D eigenvalue weighted by molar-refractivity contribution is -0.131. The number of imidazole rings is 1. The van der Waals surface area contributed by atoms with Crippen LogP contribution in [0, 0.1) is 13.8 Å². The standard InChI is InChI=1S/C25H31ClN4O2/c1-4-7-22(25(31)28-29-10-12-32-13-11-29)30-23-15-18(3)17(2)14-21(23)27-24(30)16-19-8-5-6-9-20(19)26/h5-6,8-9,14-15,22H,4,7,10-13,16H2,1-3H3,(H,28,31)/t22-/m0/s1. The van der Waals surface area contributed by atoms with Crippen molar-refractivity contribution in [3.63, 3.8) is 0 Å². The Hall–Kier alpha value is -2.41. The number of carbonyl (C=O) groups excluding carboxylic acids is 1. The average Bonchev–Trinajstić information content (AvgIpc) is 3.11. The van der Waals surface area contributed by atoms with Crippen LogP contribution < -0.4 is 5.43 Å². The molecule has 0 bridgehead atoms. The fraction of sp³-hybridized carbons (Fsp3) is 0.440. The van der Waals surface area contributed by atoms with Gasteiger partial charge in [0.05, 0.1) is 24.2 Å². The van der Waals surface area contributed by atoms with E-state index in [4.69, 9.17) is 21.3 Å². The number of amides is 1. The highest BCUT2D eigenvalue weighted by Gasteiger charge is 2.27. The number of halogens is 1. The molecule has 1 N–H and O–H groups in total. The van der Waals surface area contributed by atoms with Gasteiger partial charge in [-0.15, -0.1) is 0 Å². The number of hydrogen-bond donors (Lipinski definition) is 1. The maximum Gasteiger partial charge on any atom is 0.257 e. The summed E-state index contributed by atoms with van der Waals surface area (Å²) < 4.78 is 7.55. The molecular formula is C25H31ClN4O2. The van der Waals surface area contributed by atoms with Gasteiger partial charge in [-0.1, -0.05) is 43.1 Å². The number of nitrogens with zero attached hydrogens (tertiary/aromatic N) is 3. The topological polar surface area (TPSA) is 59.4 Å². The summed E-state index contributed by atoms with van der Waals surface area (Å²) in [5.74, 6) is 0.848. The number of fused-ring (bicyclic) bond motifs is 1. The van der Waals surface area contributed by atoms with Gasteiger partial charge >= 0.3 is 0 Å². The fourth-order valence-electron chi connectivity index (χ4n) is 4.24. The Morgan fingerprint density at radius 3 is 2.62 bits per heavy atom. The summed E-state index contributed by atoms with van der Waals surface area (Å²) in [5, 5.41) is 2.67. The van der Waals surface area contributed by atoms with Gasteiger partial charge in [-0.05, 0) is 55.2 Å².